The van der Waals surface area contributed by atoms with Gasteiger partial charge in [0.2, 0.25) is 0 Å². The first-order valence-corrected chi connectivity index (χ1v) is 9.80. The number of carbonyl (C=O) groups is 1. The van der Waals surface area contributed by atoms with Crippen LogP contribution in [0.5, 0.6) is 0 Å². The lowest BCUT2D eigenvalue weighted by atomic mass is 9.74. The highest BCUT2D eigenvalue weighted by molar-refractivity contribution is 6.31. The second-order valence-electron chi connectivity index (χ2n) is 8.11. The largest absolute Gasteiger partial charge is 0.345 e. The second kappa shape index (κ2) is 7.40. The van der Waals surface area contributed by atoms with Crippen LogP contribution in [0.2, 0.25) is 5.02 Å². The molecule has 1 aliphatic carbocycles. The van der Waals surface area contributed by atoms with Crippen molar-refractivity contribution in [3.63, 3.8) is 0 Å². The fourth-order valence-corrected chi connectivity index (χ4v) is 4.08. The van der Waals surface area contributed by atoms with E-state index in [0.717, 1.165) is 34.7 Å². The molecule has 1 amide bonds. The molecule has 0 bridgehead atoms. The summed E-state index contributed by atoms with van der Waals surface area (Å²) in [4.78, 5) is 16.7. The molecular formula is C22H23ClN4O. The lowest BCUT2D eigenvalue weighted by Crippen LogP contribution is -2.37. The van der Waals surface area contributed by atoms with Gasteiger partial charge in [-0.05, 0) is 42.0 Å². The Balaban J connectivity index is 1.63. The summed E-state index contributed by atoms with van der Waals surface area (Å²) in [5.74, 6) is -0.111. The smallest absolute Gasteiger partial charge is 0.253 e. The maximum Gasteiger partial charge on any atom is 0.253 e. The quantitative estimate of drug-likeness (QED) is 0.712. The Morgan fingerprint density at radius 1 is 1.25 bits per heavy atom. The third-order valence-corrected chi connectivity index (χ3v) is 5.63. The molecule has 1 atom stereocenters. The highest BCUT2D eigenvalue weighted by atomic mass is 35.5. The van der Waals surface area contributed by atoms with Crippen molar-refractivity contribution in [2.45, 2.75) is 39.3 Å². The maximum atomic E-state index is 12.7. The normalized spacial score (nSPS) is 17.8. The van der Waals surface area contributed by atoms with Gasteiger partial charge < -0.3 is 5.32 Å². The minimum atomic E-state index is -0.111. The van der Waals surface area contributed by atoms with Crippen molar-refractivity contribution in [2.24, 2.45) is 5.41 Å². The van der Waals surface area contributed by atoms with Gasteiger partial charge >= 0.3 is 0 Å². The standard InChI is InChI=1S/C22H23ClN4O/c1-22(2)10-19(26-21(28)15-7-5-9-24-12-15)17-13-25-27(20(17)11-22)14-16-6-3-4-8-18(16)23/h3-9,12-13,19H,10-11,14H2,1-2H3,(H,26,28). The van der Waals surface area contributed by atoms with Crippen LogP contribution in [0.25, 0.3) is 0 Å². The molecule has 1 unspecified atom stereocenters. The number of halogens is 1. The molecule has 0 spiro atoms. The minimum absolute atomic E-state index is 0.0537. The van der Waals surface area contributed by atoms with E-state index in [1.165, 1.54) is 0 Å². The maximum absolute atomic E-state index is 12.7. The summed E-state index contributed by atoms with van der Waals surface area (Å²) in [6.45, 7) is 5.08. The van der Waals surface area contributed by atoms with E-state index in [0.29, 0.717) is 12.1 Å². The second-order valence-corrected chi connectivity index (χ2v) is 8.52. The monoisotopic (exact) mass is 394 g/mol. The zero-order valence-corrected chi connectivity index (χ0v) is 16.8. The Morgan fingerprint density at radius 2 is 2.07 bits per heavy atom. The number of rotatable bonds is 4. The predicted molar refractivity (Wildman–Crippen MR) is 109 cm³/mol. The van der Waals surface area contributed by atoms with Crippen molar-refractivity contribution in [3.8, 4) is 0 Å². The van der Waals surface area contributed by atoms with Crippen LogP contribution in [-0.4, -0.2) is 20.7 Å². The van der Waals surface area contributed by atoms with Gasteiger partial charge in [0, 0.05) is 28.7 Å². The van der Waals surface area contributed by atoms with Crippen LogP contribution >= 0.6 is 11.6 Å². The van der Waals surface area contributed by atoms with Crippen molar-refractivity contribution in [2.75, 3.05) is 0 Å². The molecule has 6 heteroatoms. The molecule has 4 rings (SSSR count). The lowest BCUT2D eigenvalue weighted by molar-refractivity contribution is 0.0918. The molecule has 3 aromatic rings. The average Bonchev–Trinajstić information content (AvgIpc) is 3.06. The van der Waals surface area contributed by atoms with Crippen molar-refractivity contribution in [1.82, 2.24) is 20.1 Å². The fourth-order valence-electron chi connectivity index (χ4n) is 3.89. The Hall–Kier alpha value is -2.66. The summed E-state index contributed by atoms with van der Waals surface area (Å²) in [6.07, 6.45) is 6.91. The minimum Gasteiger partial charge on any atom is -0.345 e. The Labute approximate surface area is 169 Å². The van der Waals surface area contributed by atoms with Gasteiger partial charge in [0.15, 0.2) is 0 Å². The zero-order chi connectivity index (χ0) is 19.7. The number of nitrogens with zero attached hydrogens (tertiary/aromatic N) is 3. The fraction of sp³-hybridized carbons (Fsp3) is 0.318. The average molecular weight is 395 g/mol. The van der Waals surface area contributed by atoms with E-state index in [2.05, 4.69) is 29.2 Å². The van der Waals surface area contributed by atoms with Crippen LogP contribution in [0.3, 0.4) is 0 Å². The van der Waals surface area contributed by atoms with Crippen molar-refractivity contribution in [1.29, 1.82) is 0 Å². The molecule has 5 nitrogen and oxygen atoms in total. The lowest BCUT2D eigenvalue weighted by Gasteiger charge is -2.36. The van der Waals surface area contributed by atoms with E-state index in [4.69, 9.17) is 11.6 Å². The topological polar surface area (TPSA) is 59.8 Å². The van der Waals surface area contributed by atoms with Crippen LogP contribution in [0.15, 0.2) is 55.0 Å². The van der Waals surface area contributed by atoms with E-state index in [-0.39, 0.29) is 17.4 Å². The van der Waals surface area contributed by atoms with Gasteiger partial charge in [-0.3, -0.25) is 14.5 Å². The molecule has 2 heterocycles. The molecule has 1 aliphatic rings. The first-order valence-electron chi connectivity index (χ1n) is 9.42. The van der Waals surface area contributed by atoms with Crippen LogP contribution in [-0.2, 0) is 13.0 Å². The molecule has 28 heavy (non-hydrogen) atoms. The van der Waals surface area contributed by atoms with Crippen LogP contribution < -0.4 is 5.32 Å². The highest BCUT2D eigenvalue weighted by Gasteiger charge is 2.35. The molecule has 1 aromatic carbocycles. The Bertz CT molecular complexity index is 997. The van der Waals surface area contributed by atoms with Gasteiger partial charge in [-0.1, -0.05) is 43.6 Å². The summed E-state index contributed by atoms with van der Waals surface area (Å²) < 4.78 is 2.01. The van der Waals surface area contributed by atoms with Gasteiger partial charge in [-0.15, -0.1) is 0 Å². The van der Waals surface area contributed by atoms with Crippen molar-refractivity contribution < 1.29 is 4.79 Å². The molecule has 2 aromatic heterocycles. The van der Waals surface area contributed by atoms with E-state index in [9.17, 15) is 4.79 Å². The molecule has 0 saturated carbocycles. The number of aromatic nitrogens is 3. The molecular weight excluding hydrogens is 372 g/mol. The van der Waals surface area contributed by atoms with E-state index in [1.807, 2.05) is 35.1 Å². The first kappa shape index (κ1) is 18.7. The predicted octanol–water partition coefficient (Wildman–Crippen LogP) is 4.42. The number of fused-ring (bicyclic) bond motifs is 1. The molecule has 0 fully saturated rings. The Kier molecular flexibility index (Phi) is 4.94. The van der Waals surface area contributed by atoms with Crippen molar-refractivity contribution in [3.05, 3.63) is 82.4 Å². The number of nitrogens with one attached hydrogen (secondary N) is 1. The SMILES string of the molecule is CC1(C)Cc2c(cnn2Cc2ccccc2Cl)C(NC(=O)c2cccnc2)C1. The highest BCUT2D eigenvalue weighted by Crippen LogP contribution is 2.41. The number of hydrogen-bond donors (Lipinski definition) is 1. The van der Waals surface area contributed by atoms with Gasteiger partial charge in [-0.2, -0.15) is 5.10 Å². The van der Waals surface area contributed by atoms with E-state index < -0.39 is 0 Å². The summed E-state index contributed by atoms with van der Waals surface area (Å²) >= 11 is 6.34. The van der Waals surface area contributed by atoms with Gasteiger partial charge in [0.1, 0.15) is 0 Å². The zero-order valence-electron chi connectivity index (χ0n) is 16.0. The third-order valence-electron chi connectivity index (χ3n) is 5.27. The molecule has 0 radical (unpaired) electrons. The number of amides is 1. The number of benzene rings is 1. The van der Waals surface area contributed by atoms with Crippen LogP contribution in [0.1, 0.15) is 53.5 Å². The summed E-state index contributed by atoms with van der Waals surface area (Å²) in [5.41, 5.74) is 3.90. The third kappa shape index (κ3) is 3.80. The van der Waals surface area contributed by atoms with Crippen LogP contribution in [0.4, 0.5) is 0 Å². The Morgan fingerprint density at radius 3 is 2.82 bits per heavy atom. The molecule has 0 saturated heterocycles. The number of pyridine rings is 1. The number of carbonyl (C=O) groups excluding carboxylic acids is 1. The molecule has 144 valence electrons. The number of hydrogen-bond acceptors (Lipinski definition) is 3. The van der Waals surface area contributed by atoms with Crippen molar-refractivity contribution >= 4 is 17.5 Å². The van der Waals surface area contributed by atoms with E-state index in [1.54, 1.807) is 24.5 Å². The molecule has 0 aliphatic heterocycles. The summed E-state index contributed by atoms with van der Waals surface area (Å²) in [7, 11) is 0. The van der Waals surface area contributed by atoms with E-state index >= 15 is 0 Å². The first-order chi connectivity index (χ1) is 13.4. The summed E-state index contributed by atoms with van der Waals surface area (Å²) in [6, 6.07) is 11.3. The van der Waals surface area contributed by atoms with Gasteiger partial charge in [0.05, 0.1) is 24.3 Å². The molecule has 1 N–H and O–H groups in total. The van der Waals surface area contributed by atoms with Crippen LogP contribution in [0, 0.1) is 5.41 Å². The van der Waals surface area contributed by atoms with Gasteiger partial charge in [-0.25, -0.2) is 0 Å². The summed E-state index contributed by atoms with van der Waals surface area (Å²) in [5, 5.41) is 8.54. The van der Waals surface area contributed by atoms with Gasteiger partial charge in [0.25, 0.3) is 5.91 Å².